The van der Waals surface area contributed by atoms with Crippen LogP contribution < -0.4 is 10.6 Å². The van der Waals surface area contributed by atoms with Crippen LogP contribution in [0.15, 0.2) is 48.5 Å². The maximum atomic E-state index is 13.1. The number of nitrogens with zero attached hydrogens (tertiary/aromatic N) is 2. The van der Waals surface area contributed by atoms with Crippen molar-refractivity contribution in [2.75, 3.05) is 18.4 Å². The van der Waals surface area contributed by atoms with Crippen LogP contribution in [0.5, 0.6) is 0 Å². The van der Waals surface area contributed by atoms with Crippen LogP contribution in [-0.2, 0) is 17.9 Å². The van der Waals surface area contributed by atoms with Crippen molar-refractivity contribution in [2.24, 2.45) is 5.41 Å². The first-order chi connectivity index (χ1) is 15.5. The molecule has 2 aromatic carbocycles. The van der Waals surface area contributed by atoms with Crippen LogP contribution in [0.25, 0.3) is 0 Å². The fourth-order valence-electron chi connectivity index (χ4n) is 3.85. The van der Waals surface area contributed by atoms with Crippen molar-refractivity contribution in [1.29, 1.82) is 0 Å². The Morgan fingerprint density at radius 1 is 1.03 bits per heavy atom. The summed E-state index contributed by atoms with van der Waals surface area (Å²) in [6.45, 7) is 6.97. The molecule has 33 heavy (non-hydrogen) atoms. The van der Waals surface area contributed by atoms with Gasteiger partial charge in [0.1, 0.15) is 6.04 Å². The lowest BCUT2D eigenvalue weighted by Gasteiger charge is -2.44. The third kappa shape index (κ3) is 6.38. The van der Waals surface area contributed by atoms with Crippen molar-refractivity contribution in [3.8, 4) is 0 Å². The van der Waals surface area contributed by atoms with E-state index in [1.165, 1.54) is 4.90 Å². The molecule has 1 aliphatic heterocycles. The number of piperazine rings is 1. The van der Waals surface area contributed by atoms with Gasteiger partial charge in [-0.15, -0.1) is 0 Å². The molecule has 0 radical (unpaired) electrons. The Balaban J connectivity index is 1.56. The van der Waals surface area contributed by atoms with Gasteiger partial charge in [-0.2, -0.15) is 0 Å². The first-order valence-corrected chi connectivity index (χ1v) is 11.1. The van der Waals surface area contributed by atoms with Crippen molar-refractivity contribution >= 4 is 35.3 Å². The van der Waals surface area contributed by atoms with Crippen LogP contribution >= 0.6 is 11.6 Å². The fraction of sp³-hybridized carbons (Fsp3) is 0.375. The zero-order valence-electron chi connectivity index (χ0n) is 19.0. The standard InChI is InChI=1S/C24H29ClN4O4/c1-24(2,3)20-21(30)28(12-13-29(20)23(32)33)15-17-6-10-19(11-7-17)27-22(31)26-14-16-4-8-18(25)9-5-16/h4-11,20H,12-15H2,1-3H3,(H,32,33)(H2,26,27,31). The van der Waals surface area contributed by atoms with Crippen molar-refractivity contribution < 1.29 is 19.5 Å². The first-order valence-electron chi connectivity index (χ1n) is 10.7. The van der Waals surface area contributed by atoms with Gasteiger partial charge in [-0.1, -0.05) is 56.6 Å². The van der Waals surface area contributed by atoms with E-state index in [4.69, 9.17) is 11.6 Å². The highest BCUT2D eigenvalue weighted by molar-refractivity contribution is 6.30. The van der Waals surface area contributed by atoms with Gasteiger partial charge in [-0.05, 0) is 40.8 Å². The molecule has 0 spiro atoms. The number of nitrogens with one attached hydrogen (secondary N) is 2. The van der Waals surface area contributed by atoms with Crippen molar-refractivity contribution in [3.05, 3.63) is 64.7 Å². The van der Waals surface area contributed by atoms with Gasteiger partial charge in [0.05, 0.1) is 0 Å². The molecule has 0 aliphatic carbocycles. The lowest BCUT2D eigenvalue weighted by molar-refractivity contribution is -0.146. The van der Waals surface area contributed by atoms with E-state index in [1.54, 1.807) is 29.2 Å². The quantitative estimate of drug-likeness (QED) is 0.600. The predicted octanol–water partition coefficient (Wildman–Crippen LogP) is 4.40. The Morgan fingerprint density at radius 3 is 2.21 bits per heavy atom. The van der Waals surface area contributed by atoms with Gasteiger partial charge >= 0.3 is 12.1 Å². The molecule has 1 unspecified atom stereocenters. The van der Waals surface area contributed by atoms with E-state index in [2.05, 4.69) is 10.6 Å². The molecule has 0 saturated carbocycles. The molecule has 176 valence electrons. The number of amides is 4. The number of rotatable bonds is 5. The molecule has 9 heteroatoms. The highest BCUT2D eigenvalue weighted by Gasteiger charge is 2.44. The van der Waals surface area contributed by atoms with Crippen LogP contribution in [0.2, 0.25) is 5.02 Å². The van der Waals surface area contributed by atoms with Gasteiger partial charge < -0.3 is 20.6 Å². The van der Waals surface area contributed by atoms with E-state index in [0.717, 1.165) is 11.1 Å². The largest absolute Gasteiger partial charge is 0.465 e. The summed E-state index contributed by atoms with van der Waals surface area (Å²) >= 11 is 5.86. The lowest BCUT2D eigenvalue weighted by atomic mass is 9.83. The zero-order valence-corrected chi connectivity index (χ0v) is 19.7. The molecule has 8 nitrogen and oxygen atoms in total. The highest BCUT2D eigenvalue weighted by atomic mass is 35.5. The number of benzene rings is 2. The summed E-state index contributed by atoms with van der Waals surface area (Å²) < 4.78 is 0. The van der Waals surface area contributed by atoms with Gasteiger partial charge in [-0.25, -0.2) is 9.59 Å². The molecule has 3 N–H and O–H groups in total. The van der Waals surface area contributed by atoms with E-state index in [1.807, 2.05) is 45.0 Å². The molecule has 4 amide bonds. The number of hydrogen-bond acceptors (Lipinski definition) is 3. The van der Waals surface area contributed by atoms with Crippen LogP contribution in [0.1, 0.15) is 31.9 Å². The molecule has 0 bridgehead atoms. The Bertz CT molecular complexity index is 1000. The molecule has 1 atom stereocenters. The van der Waals surface area contributed by atoms with Crippen LogP contribution in [0.3, 0.4) is 0 Å². The highest BCUT2D eigenvalue weighted by Crippen LogP contribution is 2.29. The van der Waals surface area contributed by atoms with Crippen molar-refractivity contribution in [1.82, 2.24) is 15.1 Å². The van der Waals surface area contributed by atoms with E-state index in [9.17, 15) is 19.5 Å². The second-order valence-electron chi connectivity index (χ2n) is 9.14. The maximum Gasteiger partial charge on any atom is 0.408 e. The number of hydrogen-bond donors (Lipinski definition) is 3. The molecule has 2 aromatic rings. The topological polar surface area (TPSA) is 102 Å². The Hall–Kier alpha value is -3.26. The molecular formula is C24H29ClN4O4. The third-order valence-electron chi connectivity index (χ3n) is 5.49. The monoisotopic (exact) mass is 472 g/mol. The van der Waals surface area contributed by atoms with Gasteiger partial charge in [0.25, 0.3) is 0 Å². The van der Waals surface area contributed by atoms with Crippen molar-refractivity contribution in [3.63, 3.8) is 0 Å². The Morgan fingerprint density at radius 2 is 1.64 bits per heavy atom. The number of carbonyl (C=O) groups excluding carboxylic acids is 2. The number of halogens is 1. The average molecular weight is 473 g/mol. The molecule has 1 heterocycles. The van der Waals surface area contributed by atoms with Gasteiger partial charge in [0.15, 0.2) is 0 Å². The SMILES string of the molecule is CC(C)(C)C1C(=O)N(Cc2ccc(NC(=O)NCc3ccc(Cl)cc3)cc2)CCN1C(=O)O. The number of carboxylic acid groups (broad SMARTS) is 1. The molecule has 1 saturated heterocycles. The van der Waals surface area contributed by atoms with E-state index < -0.39 is 17.6 Å². The van der Waals surface area contributed by atoms with E-state index >= 15 is 0 Å². The summed E-state index contributed by atoms with van der Waals surface area (Å²) in [7, 11) is 0. The lowest BCUT2D eigenvalue weighted by Crippen LogP contribution is -2.62. The zero-order chi connectivity index (χ0) is 24.2. The minimum Gasteiger partial charge on any atom is -0.465 e. The molecule has 1 fully saturated rings. The summed E-state index contributed by atoms with van der Waals surface area (Å²) in [5.74, 6) is -0.195. The summed E-state index contributed by atoms with van der Waals surface area (Å²) in [5.41, 5.74) is 1.95. The van der Waals surface area contributed by atoms with Gasteiger partial charge in [0, 0.05) is 36.9 Å². The maximum absolute atomic E-state index is 13.1. The third-order valence-corrected chi connectivity index (χ3v) is 5.74. The average Bonchev–Trinajstić information content (AvgIpc) is 2.75. The number of anilines is 1. The number of urea groups is 1. The minimum absolute atomic E-state index is 0.195. The van der Waals surface area contributed by atoms with E-state index in [-0.39, 0.29) is 18.5 Å². The van der Waals surface area contributed by atoms with Crippen LogP contribution in [0.4, 0.5) is 15.3 Å². The summed E-state index contributed by atoms with van der Waals surface area (Å²) in [6, 6.07) is 13.4. The summed E-state index contributed by atoms with van der Waals surface area (Å²) in [6.07, 6.45) is -1.08. The minimum atomic E-state index is -1.08. The van der Waals surface area contributed by atoms with Crippen molar-refractivity contribution in [2.45, 2.75) is 39.9 Å². The summed E-state index contributed by atoms with van der Waals surface area (Å²) in [4.78, 5) is 39.7. The number of carbonyl (C=O) groups is 3. The molecule has 1 aliphatic rings. The van der Waals surface area contributed by atoms with Crippen LogP contribution in [-0.4, -0.2) is 52.1 Å². The smallest absolute Gasteiger partial charge is 0.408 e. The fourth-order valence-corrected chi connectivity index (χ4v) is 3.97. The Labute approximate surface area is 198 Å². The predicted molar refractivity (Wildman–Crippen MR) is 127 cm³/mol. The van der Waals surface area contributed by atoms with Crippen LogP contribution in [0, 0.1) is 5.41 Å². The van der Waals surface area contributed by atoms with Gasteiger partial charge in [-0.3, -0.25) is 9.69 Å². The molecular weight excluding hydrogens is 444 g/mol. The molecule has 3 rings (SSSR count). The van der Waals surface area contributed by atoms with E-state index in [0.29, 0.717) is 30.3 Å². The summed E-state index contributed by atoms with van der Waals surface area (Å²) in [5, 5.41) is 15.7. The first kappa shape index (κ1) is 24.4. The van der Waals surface area contributed by atoms with Gasteiger partial charge in [0.2, 0.25) is 5.91 Å². The normalized spacial score (nSPS) is 16.5. The Kier molecular flexibility index (Phi) is 7.48. The second kappa shape index (κ2) is 10.1. The second-order valence-corrected chi connectivity index (χ2v) is 9.57. The molecule has 0 aromatic heterocycles.